The lowest BCUT2D eigenvalue weighted by molar-refractivity contribution is -0.187. The Morgan fingerprint density at radius 2 is 1.83 bits per heavy atom. The van der Waals surface area contributed by atoms with Crippen LogP contribution in [0.25, 0.3) is 0 Å². The molecule has 98 valence electrons. The second-order valence-electron chi connectivity index (χ2n) is 5.56. The van der Waals surface area contributed by atoms with E-state index in [4.69, 9.17) is 16.4 Å². The molecule has 0 bridgehead atoms. The van der Waals surface area contributed by atoms with Crippen molar-refractivity contribution in [1.29, 1.82) is 0 Å². The average molecular weight is 266 g/mol. The van der Waals surface area contributed by atoms with Gasteiger partial charge in [0.25, 0.3) is 0 Å². The highest BCUT2D eigenvalue weighted by molar-refractivity contribution is 6.30. The third-order valence-electron chi connectivity index (χ3n) is 3.87. The summed E-state index contributed by atoms with van der Waals surface area (Å²) in [5, 5.41) is 2.73. The normalized spacial score (nSPS) is 21.0. The SMILES string of the molecule is CC(C)C(C)(C)N1OC=C(Cl)C1c1ccccc1. The summed E-state index contributed by atoms with van der Waals surface area (Å²) in [6.07, 6.45) is 1.64. The van der Waals surface area contributed by atoms with Gasteiger partial charge in [-0.25, -0.2) is 0 Å². The number of hydrogen-bond donors (Lipinski definition) is 0. The molecule has 0 fully saturated rings. The van der Waals surface area contributed by atoms with Gasteiger partial charge in [-0.15, -0.1) is 5.06 Å². The quantitative estimate of drug-likeness (QED) is 0.798. The Balaban J connectivity index is 2.34. The summed E-state index contributed by atoms with van der Waals surface area (Å²) in [4.78, 5) is 5.70. The molecular weight excluding hydrogens is 246 g/mol. The molecule has 1 aromatic carbocycles. The number of hydrogen-bond acceptors (Lipinski definition) is 2. The first kappa shape index (κ1) is 13.4. The Hall–Kier alpha value is -0.990. The largest absolute Gasteiger partial charge is 0.411 e. The standard InChI is InChI=1S/C15H20ClNO/c1-11(2)15(3,4)17-14(13(16)10-18-17)12-8-6-5-7-9-12/h5-11,14H,1-4H3. The molecule has 2 nitrogen and oxygen atoms in total. The minimum Gasteiger partial charge on any atom is -0.411 e. The van der Waals surface area contributed by atoms with Gasteiger partial charge in [0, 0.05) is 0 Å². The van der Waals surface area contributed by atoms with Gasteiger partial charge in [0.1, 0.15) is 12.3 Å². The molecule has 1 unspecified atom stereocenters. The lowest BCUT2D eigenvalue weighted by Gasteiger charge is -2.40. The van der Waals surface area contributed by atoms with Crippen LogP contribution >= 0.6 is 11.6 Å². The summed E-state index contributed by atoms with van der Waals surface area (Å²) in [5.74, 6) is 0.458. The van der Waals surface area contributed by atoms with E-state index in [0.717, 1.165) is 10.6 Å². The van der Waals surface area contributed by atoms with Crippen molar-refractivity contribution in [2.75, 3.05) is 0 Å². The van der Waals surface area contributed by atoms with Crippen molar-refractivity contribution in [1.82, 2.24) is 5.06 Å². The molecule has 18 heavy (non-hydrogen) atoms. The maximum absolute atomic E-state index is 6.31. The third kappa shape index (κ3) is 2.27. The first-order valence-corrected chi connectivity index (χ1v) is 6.69. The van der Waals surface area contributed by atoms with Crippen LogP contribution in [0.1, 0.15) is 39.3 Å². The fourth-order valence-electron chi connectivity index (χ4n) is 2.00. The van der Waals surface area contributed by atoms with Crippen LogP contribution in [-0.4, -0.2) is 10.6 Å². The fourth-order valence-corrected chi connectivity index (χ4v) is 2.25. The minimum absolute atomic E-state index is 0.00901. The van der Waals surface area contributed by atoms with Crippen molar-refractivity contribution < 1.29 is 4.84 Å². The van der Waals surface area contributed by atoms with Crippen LogP contribution in [-0.2, 0) is 4.84 Å². The molecule has 1 aliphatic rings. The zero-order chi connectivity index (χ0) is 13.3. The number of rotatable bonds is 3. The molecule has 0 aromatic heterocycles. The molecule has 1 aliphatic heterocycles. The van der Waals surface area contributed by atoms with Crippen molar-refractivity contribution in [3.05, 3.63) is 47.2 Å². The van der Waals surface area contributed by atoms with Gasteiger partial charge in [0.15, 0.2) is 0 Å². The summed E-state index contributed by atoms with van der Waals surface area (Å²) >= 11 is 6.31. The second kappa shape index (κ2) is 4.94. The Kier molecular flexibility index (Phi) is 3.69. The molecule has 0 radical (unpaired) electrons. The second-order valence-corrected chi connectivity index (χ2v) is 5.99. The topological polar surface area (TPSA) is 12.5 Å². The minimum atomic E-state index is -0.0896. The Morgan fingerprint density at radius 1 is 1.22 bits per heavy atom. The Bertz CT molecular complexity index is 439. The van der Waals surface area contributed by atoms with E-state index >= 15 is 0 Å². The monoisotopic (exact) mass is 265 g/mol. The van der Waals surface area contributed by atoms with Crippen molar-refractivity contribution >= 4 is 11.6 Å². The lowest BCUT2D eigenvalue weighted by Crippen LogP contribution is -2.47. The zero-order valence-electron chi connectivity index (χ0n) is 11.4. The van der Waals surface area contributed by atoms with E-state index in [0.29, 0.717) is 5.92 Å². The van der Waals surface area contributed by atoms with Gasteiger partial charge in [-0.2, -0.15) is 0 Å². The van der Waals surface area contributed by atoms with Gasteiger partial charge in [0.2, 0.25) is 0 Å². The highest BCUT2D eigenvalue weighted by Crippen LogP contribution is 2.42. The molecule has 0 saturated heterocycles. The summed E-state index contributed by atoms with van der Waals surface area (Å²) < 4.78 is 0. The lowest BCUT2D eigenvalue weighted by atomic mass is 9.88. The van der Waals surface area contributed by atoms with Gasteiger partial charge in [-0.3, -0.25) is 0 Å². The molecule has 0 saturated carbocycles. The number of benzene rings is 1. The first-order chi connectivity index (χ1) is 8.44. The first-order valence-electron chi connectivity index (χ1n) is 6.31. The molecule has 1 aromatic rings. The highest BCUT2D eigenvalue weighted by atomic mass is 35.5. The van der Waals surface area contributed by atoms with Crippen LogP contribution in [0.2, 0.25) is 0 Å². The van der Waals surface area contributed by atoms with Crippen LogP contribution in [0, 0.1) is 5.92 Å². The van der Waals surface area contributed by atoms with E-state index in [1.807, 2.05) is 23.3 Å². The van der Waals surface area contributed by atoms with E-state index in [1.165, 1.54) is 0 Å². The van der Waals surface area contributed by atoms with E-state index in [-0.39, 0.29) is 11.6 Å². The molecule has 1 atom stereocenters. The van der Waals surface area contributed by atoms with Gasteiger partial charge < -0.3 is 4.84 Å². The fraction of sp³-hybridized carbons (Fsp3) is 0.467. The Labute approximate surface area is 114 Å². The summed E-state index contributed by atoms with van der Waals surface area (Å²) in [5.41, 5.74) is 1.07. The zero-order valence-corrected chi connectivity index (χ0v) is 12.1. The van der Waals surface area contributed by atoms with Gasteiger partial charge in [-0.1, -0.05) is 55.8 Å². The predicted octanol–water partition coefficient (Wildman–Crippen LogP) is 4.49. The number of nitrogens with zero attached hydrogens (tertiary/aromatic N) is 1. The summed E-state index contributed by atoms with van der Waals surface area (Å²) in [6, 6.07) is 10.2. The maximum Gasteiger partial charge on any atom is 0.128 e. The van der Waals surface area contributed by atoms with Crippen LogP contribution in [0.3, 0.4) is 0 Å². The van der Waals surface area contributed by atoms with E-state index < -0.39 is 0 Å². The molecule has 0 spiro atoms. The molecular formula is C15H20ClNO. The number of hydroxylamine groups is 2. The van der Waals surface area contributed by atoms with Crippen LogP contribution in [0.5, 0.6) is 0 Å². The molecule has 3 heteroatoms. The molecule has 1 heterocycles. The Morgan fingerprint density at radius 3 is 2.39 bits per heavy atom. The van der Waals surface area contributed by atoms with Gasteiger partial charge in [0.05, 0.1) is 10.6 Å². The van der Waals surface area contributed by atoms with Crippen molar-refractivity contribution in [3.63, 3.8) is 0 Å². The van der Waals surface area contributed by atoms with Gasteiger partial charge >= 0.3 is 0 Å². The van der Waals surface area contributed by atoms with E-state index in [2.05, 4.69) is 39.8 Å². The molecule has 2 rings (SSSR count). The highest BCUT2D eigenvalue weighted by Gasteiger charge is 2.42. The third-order valence-corrected chi connectivity index (χ3v) is 4.17. The molecule has 0 N–H and O–H groups in total. The van der Waals surface area contributed by atoms with E-state index in [1.54, 1.807) is 6.26 Å². The van der Waals surface area contributed by atoms with Crippen molar-refractivity contribution in [3.8, 4) is 0 Å². The predicted molar refractivity (Wildman–Crippen MR) is 75.0 cm³/mol. The molecule has 0 aliphatic carbocycles. The average Bonchev–Trinajstić information content (AvgIpc) is 2.72. The van der Waals surface area contributed by atoms with Crippen molar-refractivity contribution in [2.45, 2.75) is 39.3 Å². The van der Waals surface area contributed by atoms with Gasteiger partial charge in [-0.05, 0) is 25.3 Å². The summed E-state index contributed by atoms with van der Waals surface area (Å²) in [6.45, 7) is 8.74. The smallest absolute Gasteiger partial charge is 0.128 e. The molecule has 0 amide bonds. The van der Waals surface area contributed by atoms with Crippen molar-refractivity contribution in [2.24, 2.45) is 5.92 Å². The number of halogens is 1. The van der Waals surface area contributed by atoms with E-state index in [9.17, 15) is 0 Å². The summed E-state index contributed by atoms with van der Waals surface area (Å²) in [7, 11) is 0. The maximum atomic E-state index is 6.31. The van der Waals surface area contributed by atoms with Crippen LogP contribution in [0.4, 0.5) is 0 Å². The van der Waals surface area contributed by atoms with Crippen LogP contribution < -0.4 is 0 Å². The van der Waals surface area contributed by atoms with Crippen LogP contribution in [0.15, 0.2) is 41.6 Å².